The Morgan fingerprint density at radius 2 is 2.33 bits per heavy atom. The molecule has 1 aromatic rings. The van der Waals surface area contributed by atoms with Gasteiger partial charge >= 0.3 is 0 Å². The Morgan fingerprint density at radius 3 is 3.08 bits per heavy atom. The summed E-state index contributed by atoms with van der Waals surface area (Å²) in [7, 11) is -1.59. The Morgan fingerprint density at radius 1 is 1.50 bits per heavy atom. The van der Waals surface area contributed by atoms with Crippen molar-refractivity contribution in [1.29, 1.82) is 0 Å². The van der Waals surface area contributed by atoms with Gasteiger partial charge in [-0.25, -0.2) is 23.1 Å². The lowest BCUT2D eigenvalue weighted by molar-refractivity contribution is 0.0293. The summed E-state index contributed by atoms with van der Waals surface area (Å²) in [5, 5.41) is 0. The van der Waals surface area contributed by atoms with Crippen LogP contribution in [0.2, 0.25) is 0 Å². The van der Waals surface area contributed by atoms with Crippen molar-refractivity contribution in [3.8, 4) is 5.88 Å². The average Bonchev–Trinajstić information content (AvgIpc) is 2.96. The lowest BCUT2D eigenvalue weighted by atomic mass is 9.74. The van der Waals surface area contributed by atoms with Gasteiger partial charge in [-0.2, -0.15) is 0 Å². The second-order valence-corrected chi connectivity index (χ2v) is 8.35. The summed E-state index contributed by atoms with van der Waals surface area (Å²) >= 11 is 0. The molecule has 24 heavy (non-hydrogen) atoms. The zero-order chi connectivity index (χ0) is 17.2. The molecule has 0 saturated carbocycles. The van der Waals surface area contributed by atoms with E-state index in [0.29, 0.717) is 12.4 Å². The maximum absolute atomic E-state index is 11.3. The molecule has 2 fully saturated rings. The van der Waals surface area contributed by atoms with E-state index in [2.05, 4.69) is 19.6 Å². The van der Waals surface area contributed by atoms with Crippen molar-refractivity contribution in [3.05, 3.63) is 12.4 Å². The first-order valence-electron chi connectivity index (χ1n) is 8.09. The zero-order valence-electron chi connectivity index (χ0n) is 14.1. The van der Waals surface area contributed by atoms with Crippen molar-refractivity contribution in [2.24, 2.45) is 5.41 Å². The predicted octanol–water partition coefficient (Wildman–Crippen LogP) is 0.410. The molecule has 1 N–H and O–H groups in total. The summed E-state index contributed by atoms with van der Waals surface area (Å²) in [4.78, 5) is 10.6. The molecule has 8 nitrogen and oxygen atoms in total. The molecule has 0 amide bonds. The van der Waals surface area contributed by atoms with Crippen LogP contribution in [-0.2, 0) is 14.8 Å². The van der Waals surface area contributed by atoms with Crippen LogP contribution in [-0.4, -0.2) is 64.1 Å². The standard InChI is InChI=1S/C15H24N4O4S/c1-22-14-9-13(16-11-17-14)19-7-3-12-15(10-19,5-8-23-12)4-6-18-24(2,20)21/h9,11-12,18H,3-8,10H2,1-2H3/t12-,15+/m0/s1. The van der Waals surface area contributed by atoms with Crippen molar-refractivity contribution in [2.75, 3.05) is 44.5 Å². The number of hydrogen-bond acceptors (Lipinski definition) is 7. The minimum absolute atomic E-state index is 0.0475. The van der Waals surface area contributed by atoms with E-state index in [-0.39, 0.29) is 11.5 Å². The van der Waals surface area contributed by atoms with Gasteiger partial charge in [0.1, 0.15) is 12.1 Å². The number of methoxy groups -OCH3 is 1. The molecule has 0 spiro atoms. The highest BCUT2D eigenvalue weighted by Crippen LogP contribution is 2.44. The molecule has 0 aromatic carbocycles. The number of nitrogens with zero attached hydrogens (tertiary/aromatic N) is 3. The van der Waals surface area contributed by atoms with Gasteiger partial charge in [-0.1, -0.05) is 0 Å². The second kappa shape index (κ2) is 6.81. The second-order valence-electron chi connectivity index (χ2n) is 6.52. The topological polar surface area (TPSA) is 93.7 Å². The van der Waals surface area contributed by atoms with Crippen LogP contribution in [0.5, 0.6) is 5.88 Å². The first-order valence-corrected chi connectivity index (χ1v) is 9.98. The molecule has 1 aromatic heterocycles. The molecule has 2 aliphatic heterocycles. The monoisotopic (exact) mass is 356 g/mol. The normalized spacial score (nSPS) is 27.1. The molecular weight excluding hydrogens is 332 g/mol. The van der Waals surface area contributed by atoms with Crippen molar-refractivity contribution in [2.45, 2.75) is 25.4 Å². The number of fused-ring (bicyclic) bond motifs is 1. The number of piperidine rings is 1. The van der Waals surface area contributed by atoms with Crippen LogP contribution in [0.25, 0.3) is 0 Å². The van der Waals surface area contributed by atoms with Gasteiger partial charge in [-0.3, -0.25) is 0 Å². The average molecular weight is 356 g/mol. The quantitative estimate of drug-likeness (QED) is 0.789. The van der Waals surface area contributed by atoms with Crippen LogP contribution in [0.3, 0.4) is 0 Å². The van der Waals surface area contributed by atoms with E-state index < -0.39 is 10.0 Å². The SMILES string of the molecule is COc1cc(N2CC[C@@H]3OCC[C@]3(CCNS(C)(=O)=O)C2)ncn1. The fourth-order valence-electron chi connectivity index (χ4n) is 3.71. The van der Waals surface area contributed by atoms with Crippen LogP contribution < -0.4 is 14.4 Å². The summed E-state index contributed by atoms with van der Waals surface area (Å²) in [6, 6.07) is 1.83. The Kier molecular flexibility index (Phi) is 4.93. The number of ether oxygens (including phenoxy) is 2. The van der Waals surface area contributed by atoms with E-state index in [1.54, 1.807) is 7.11 Å². The van der Waals surface area contributed by atoms with E-state index >= 15 is 0 Å². The number of nitrogens with one attached hydrogen (secondary N) is 1. The minimum atomic E-state index is -3.17. The van der Waals surface area contributed by atoms with E-state index in [1.165, 1.54) is 12.6 Å². The number of rotatable bonds is 6. The third kappa shape index (κ3) is 3.79. The van der Waals surface area contributed by atoms with Crippen LogP contribution in [0.1, 0.15) is 19.3 Å². The van der Waals surface area contributed by atoms with Gasteiger partial charge in [0.05, 0.1) is 19.5 Å². The van der Waals surface area contributed by atoms with Crippen LogP contribution in [0.4, 0.5) is 5.82 Å². The lowest BCUT2D eigenvalue weighted by Crippen LogP contribution is -2.51. The number of aromatic nitrogens is 2. The first-order chi connectivity index (χ1) is 11.4. The van der Waals surface area contributed by atoms with Crippen LogP contribution in [0, 0.1) is 5.41 Å². The Labute approximate surface area is 142 Å². The smallest absolute Gasteiger partial charge is 0.218 e. The number of anilines is 1. The molecule has 2 aliphatic rings. The van der Waals surface area contributed by atoms with Gasteiger partial charge in [0.25, 0.3) is 0 Å². The van der Waals surface area contributed by atoms with Crippen molar-refractivity contribution in [1.82, 2.24) is 14.7 Å². The van der Waals surface area contributed by atoms with Crippen molar-refractivity contribution >= 4 is 15.8 Å². The third-order valence-electron chi connectivity index (χ3n) is 4.92. The summed E-state index contributed by atoms with van der Waals surface area (Å²) < 4.78 is 36.4. The number of hydrogen-bond donors (Lipinski definition) is 1. The van der Waals surface area contributed by atoms with Gasteiger partial charge in [0, 0.05) is 37.7 Å². The first kappa shape index (κ1) is 17.4. The van der Waals surface area contributed by atoms with E-state index in [0.717, 1.165) is 44.8 Å². The molecule has 2 atom stereocenters. The van der Waals surface area contributed by atoms with Gasteiger partial charge in [0.15, 0.2) is 0 Å². The van der Waals surface area contributed by atoms with Gasteiger partial charge in [-0.15, -0.1) is 0 Å². The minimum Gasteiger partial charge on any atom is -0.481 e. The fraction of sp³-hybridized carbons (Fsp3) is 0.733. The van der Waals surface area contributed by atoms with Gasteiger partial charge < -0.3 is 14.4 Å². The summed E-state index contributed by atoms with van der Waals surface area (Å²) in [6.07, 6.45) is 5.46. The zero-order valence-corrected chi connectivity index (χ0v) is 14.9. The molecule has 0 unspecified atom stereocenters. The number of sulfonamides is 1. The summed E-state index contributed by atoms with van der Waals surface area (Å²) in [6.45, 7) is 2.81. The molecule has 0 radical (unpaired) electrons. The predicted molar refractivity (Wildman–Crippen MR) is 89.7 cm³/mol. The highest BCUT2D eigenvalue weighted by atomic mass is 32.2. The molecule has 3 heterocycles. The highest BCUT2D eigenvalue weighted by Gasteiger charge is 2.47. The van der Waals surface area contributed by atoms with E-state index in [4.69, 9.17) is 9.47 Å². The van der Waals surface area contributed by atoms with Crippen LogP contribution in [0.15, 0.2) is 12.4 Å². The third-order valence-corrected chi connectivity index (χ3v) is 5.65. The van der Waals surface area contributed by atoms with Crippen molar-refractivity contribution < 1.29 is 17.9 Å². The fourth-order valence-corrected chi connectivity index (χ4v) is 4.18. The highest BCUT2D eigenvalue weighted by molar-refractivity contribution is 7.88. The molecule has 134 valence electrons. The van der Waals surface area contributed by atoms with Gasteiger partial charge in [0.2, 0.25) is 15.9 Å². The van der Waals surface area contributed by atoms with E-state index in [1.807, 2.05) is 6.07 Å². The molecule has 3 rings (SSSR count). The molecule has 0 aliphatic carbocycles. The summed E-state index contributed by atoms with van der Waals surface area (Å²) in [5.41, 5.74) is -0.0475. The Hall–Kier alpha value is -1.45. The molecule has 2 saturated heterocycles. The Balaban J connectivity index is 1.74. The summed E-state index contributed by atoms with van der Waals surface area (Å²) in [5.74, 6) is 1.38. The maximum Gasteiger partial charge on any atom is 0.218 e. The van der Waals surface area contributed by atoms with E-state index in [9.17, 15) is 8.42 Å². The molecule has 0 bridgehead atoms. The molecule has 9 heteroatoms. The largest absolute Gasteiger partial charge is 0.481 e. The van der Waals surface area contributed by atoms with Gasteiger partial charge in [-0.05, 0) is 19.3 Å². The lowest BCUT2D eigenvalue weighted by Gasteiger charge is -2.44. The van der Waals surface area contributed by atoms with Crippen molar-refractivity contribution in [3.63, 3.8) is 0 Å². The maximum atomic E-state index is 11.3. The van der Waals surface area contributed by atoms with Crippen LogP contribution >= 0.6 is 0 Å². The Bertz CT molecular complexity index is 684. The molecular formula is C15H24N4O4S.